The number of hydrogen-bond acceptors (Lipinski definition) is 5. The zero-order valence-corrected chi connectivity index (χ0v) is 21.1. The number of nitrogens with zero attached hydrogens (tertiary/aromatic N) is 1. The van der Waals surface area contributed by atoms with Crippen LogP contribution in [0.25, 0.3) is 21.7 Å². The van der Waals surface area contributed by atoms with E-state index in [1.54, 1.807) is 18.4 Å². The predicted octanol–water partition coefficient (Wildman–Crippen LogP) is 4.81. The molecule has 0 saturated heterocycles. The van der Waals surface area contributed by atoms with Gasteiger partial charge in [-0.15, -0.1) is 11.3 Å². The summed E-state index contributed by atoms with van der Waals surface area (Å²) in [6, 6.07) is 9.99. The minimum absolute atomic E-state index is 0.0119. The van der Waals surface area contributed by atoms with Crippen LogP contribution in [-0.2, 0) is 22.5 Å². The molecule has 0 spiro atoms. The van der Waals surface area contributed by atoms with E-state index in [4.69, 9.17) is 9.47 Å². The van der Waals surface area contributed by atoms with Gasteiger partial charge in [-0.25, -0.2) is 0 Å². The number of thiophene rings is 1. The molecule has 3 heterocycles. The summed E-state index contributed by atoms with van der Waals surface area (Å²) in [7, 11) is 3.07. The van der Waals surface area contributed by atoms with Gasteiger partial charge in [-0.05, 0) is 47.0 Å². The van der Waals surface area contributed by atoms with Crippen LogP contribution in [0.4, 0.5) is 5.69 Å². The summed E-state index contributed by atoms with van der Waals surface area (Å²) in [4.78, 5) is 26.6. The van der Waals surface area contributed by atoms with E-state index in [1.807, 2.05) is 29.6 Å². The van der Waals surface area contributed by atoms with Gasteiger partial charge in [0.05, 0.1) is 18.5 Å². The van der Waals surface area contributed by atoms with Crippen LogP contribution < -0.4 is 15.4 Å². The Morgan fingerprint density at radius 2 is 1.94 bits per heavy atom. The van der Waals surface area contributed by atoms with Gasteiger partial charge in [0, 0.05) is 36.2 Å². The molecule has 34 heavy (non-hydrogen) atoms. The Morgan fingerprint density at radius 3 is 2.59 bits per heavy atom. The first-order valence-electron chi connectivity index (χ1n) is 11.3. The molecule has 180 valence electrons. The lowest BCUT2D eigenvalue weighted by molar-refractivity contribution is -0.119. The molecule has 3 aromatic rings. The van der Waals surface area contributed by atoms with Crippen molar-refractivity contribution in [1.82, 2.24) is 9.88 Å². The van der Waals surface area contributed by atoms with Crippen LogP contribution in [0.15, 0.2) is 35.7 Å². The van der Waals surface area contributed by atoms with E-state index in [-0.39, 0.29) is 23.8 Å². The van der Waals surface area contributed by atoms with Gasteiger partial charge in [0.15, 0.2) is 0 Å². The summed E-state index contributed by atoms with van der Waals surface area (Å²) in [5.74, 6) is 0.265. The number of methoxy groups -OCH3 is 2. The number of rotatable bonds is 7. The van der Waals surface area contributed by atoms with Crippen LogP contribution in [0.5, 0.6) is 5.75 Å². The normalized spacial score (nSPS) is 12.6. The van der Waals surface area contributed by atoms with Gasteiger partial charge in [0.2, 0.25) is 5.91 Å². The van der Waals surface area contributed by atoms with Crippen molar-refractivity contribution >= 4 is 28.8 Å². The monoisotopic (exact) mass is 481 g/mol. The van der Waals surface area contributed by atoms with E-state index in [2.05, 4.69) is 42.0 Å². The molecule has 2 N–H and O–H groups in total. The molecule has 0 radical (unpaired) electrons. The number of hydrogen-bond donors (Lipinski definition) is 2. The molecule has 2 amide bonds. The SMILES string of the molecule is COCC(=O)Nc1cc2c(cc1OC)CCn1c(C(=O)NCC(C)(C)C)cc(-c3cccs3)c1-2. The van der Waals surface area contributed by atoms with Crippen molar-refractivity contribution in [3.63, 3.8) is 0 Å². The van der Waals surface area contributed by atoms with E-state index in [9.17, 15) is 9.59 Å². The largest absolute Gasteiger partial charge is 0.495 e. The van der Waals surface area contributed by atoms with Crippen molar-refractivity contribution < 1.29 is 19.1 Å². The van der Waals surface area contributed by atoms with Crippen molar-refractivity contribution in [2.45, 2.75) is 33.7 Å². The maximum Gasteiger partial charge on any atom is 0.267 e. The number of anilines is 1. The highest BCUT2D eigenvalue weighted by Crippen LogP contribution is 2.44. The van der Waals surface area contributed by atoms with Crippen molar-refractivity contribution in [3.8, 4) is 27.4 Å². The zero-order valence-electron chi connectivity index (χ0n) is 20.3. The molecule has 0 unspecified atom stereocenters. The van der Waals surface area contributed by atoms with Crippen molar-refractivity contribution in [3.05, 3.63) is 47.0 Å². The maximum atomic E-state index is 13.2. The maximum absolute atomic E-state index is 13.2. The lowest BCUT2D eigenvalue weighted by Gasteiger charge is -2.25. The van der Waals surface area contributed by atoms with Crippen LogP contribution in [0.3, 0.4) is 0 Å². The summed E-state index contributed by atoms with van der Waals surface area (Å²) >= 11 is 1.64. The van der Waals surface area contributed by atoms with Gasteiger partial charge in [0.1, 0.15) is 18.1 Å². The van der Waals surface area contributed by atoms with Crippen LogP contribution >= 0.6 is 11.3 Å². The standard InChI is InChI=1S/C26H31N3O4S/c1-26(2,3)15-27-25(31)20-13-18(22-7-6-10-34-22)24-17-12-19(28-23(30)14-32-4)21(33-5)11-16(17)8-9-29(20)24/h6-7,10-13H,8-9,14-15H2,1-5H3,(H,27,31)(H,28,30). The second-order valence-corrected chi connectivity index (χ2v) is 10.6. The smallest absolute Gasteiger partial charge is 0.267 e. The van der Waals surface area contributed by atoms with Gasteiger partial charge in [0.25, 0.3) is 5.91 Å². The van der Waals surface area contributed by atoms with E-state index in [0.29, 0.717) is 30.2 Å². The molecule has 1 aromatic carbocycles. The minimum Gasteiger partial charge on any atom is -0.495 e. The number of carbonyl (C=O) groups excluding carboxylic acids is 2. The topological polar surface area (TPSA) is 81.6 Å². The van der Waals surface area contributed by atoms with Crippen molar-refractivity contribution in [2.24, 2.45) is 5.41 Å². The van der Waals surface area contributed by atoms with Gasteiger partial charge < -0.3 is 24.7 Å². The molecule has 0 atom stereocenters. The summed E-state index contributed by atoms with van der Waals surface area (Å²) in [6.45, 7) is 7.52. The number of amides is 2. The van der Waals surface area contributed by atoms with Crippen molar-refractivity contribution in [2.75, 3.05) is 32.7 Å². The number of ether oxygens (including phenoxy) is 2. The Kier molecular flexibility index (Phi) is 6.81. The third-order valence-corrected chi connectivity index (χ3v) is 6.63. The first-order chi connectivity index (χ1) is 16.2. The third-order valence-electron chi connectivity index (χ3n) is 5.73. The van der Waals surface area contributed by atoms with Gasteiger partial charge in [-0.1, -0.05) is 26.8 Å². The van der Waals surface area contributed by atoms with Gasteiger partial charge >= 0.3 is 0 Å². The fraction of sp³-hybridized carbons (Fsp3) is 0.385. The molecule has 0 saturated carbocycles. The second kappa shape index (κ2) is 9.64. The molecule has 1 aliphatic heterocycles. The summed E-state index contributed by atoms with van der Waals surface area (Å²) in [5, 5.41) is 8.02. The second-order valence-electron chi connectivity index (χ2n) is 9.60. The number of aryl methyl sites for hydroxylation is 1. The van der Waals surface area contributed by atoms with Crippen LogP contribution in [0, 0.1) is 5.41 Å². The van der Waals surface area contributed by atoms with Gasteiger partial charge in [-0.3, -0.25) is 9.59 Å². The molecule has 1 aliphatic rings. The third kappa shape index (κ3) is 4.88. The zero-order chi connectivity index (χ0) is 24.5. The molecule has 8 heteroatoms. The lowest BCUT2D eigenvalue weighted by Crippen LogP contribution is -2.33. The predicted molar refractivity (Wildman–Crippen MR) is 136 cm³/mol. The Balaban J connectivity index is 1.83. The van der Waals surface area contributed by atoms with Crippen LogP contribution in [-0.4, -0.2) is 43.8 Å². The number of carbonyl (C=O) groups is 2. The summed E-state index contributed by atoms with van der Waals surface area (Å²) < 4.78 is 12.6. The fourth-order valence-electron chi connectivity index (χ4n) is 4.18. The van der Waals surface area contributed by atoms with Gasteiger partial charge in [-0.2, -0.15) is 0 Å². The fourth-order valence-corrected chi connectivity index (χ4v) is 4.92. The molecule has 4 rings (SSSR count). The number of aromatic nitrogens is 1. The van der Waals surface area contributed by atoms with Crippen LogP contribution in [0.1, 0.15) is 36.8 Å². The van der Waals surface area contributed by atoms with E-state index in [1.165, 1.54) is 7.11 Å². The molecular weight excluding hydrogens is 450 g/mol. The highest BCUT2D eigenvalue weighted by molar-refractivity contribution is 7.13. The average molecular weight is 482 g/mol. The summed E-state index contributed by atoms with van der Waals surface area (Å²) in [5.41, 5.74) is 5.31. The first-order valence-corrected chi connectivity index (χ1v) is 12.2. The lowest BCUT2D eigenvalue weighted by atomic mass is 9.94. The first kappa shape index (κ1) is 24.0. The van der Waals surface area contributed by atoms with Crippen molar-refractivity contribution in [1.29, 1.82) is 0 Å². The summed E-state index contributed by atoms with van der Waals surface area (Å²) in [6.07, 6.45) is 0.753. The Labute approximate surface area is 204 Å². The minimum atomic E-state index is -0.257. The highest BCUT2D eigenvalue weighted by atomic mass is 32.1. The Morgan fingerprint density at radius 1 is 1.15 bits per heavy atom. The number of fused-ring (bicyclic) bond motifs is 3. The molecule has 0 bridgehead atoms. The molecular formula is C26H31N3O4S. The average Bonchev–Trinajstić information content (AvgIpc) is 3.44. The molecule has 0 fully saturated rings. The van der Waals surface area contributed by atoms with E-state index < -0.39 is 0 Å². The number of benzene rings is 1. The number of nitrogens with one attached hydrogen (secondary N) is 2. The quantitative estimate of drug-likeness (QED) is 0.508. The van der Waals surface area contributed by atoms with E-state index >= 15 is 0 Å². The Hall–Kier alpha value is -3.10. The molecule has 0 aliphatic carbocycles. The Bertz CT molecular complexity index is 1210. The highest BCUT2D eigenvalue weighted by Gasteiger charge is 2.28. The van der Waals surface area contributed by atoms with Crippen LogP contribution in [0.2, 0.25) is 0 Å². The van der Waals surface area contributed by atoms with E-state index in [0.717, 1.165) is 33.7 Å². The molecule has 7 nitrogen and oxygen atoms in total. The molecule has 2 aromatic heterocycles.